The van der Waals surface area contributed by atoms with Crippen LogP contribution in [0.15, 0.2) is 28.9 Å². The van der Waals surface area contributed by atoms with E-state index in [1.165, 1.54) is 0 Å². The van der Waals surface area contributed by atoms with Crippen LogP contribution in [-0.4, -0.2) is 75.9 Å². The molecule has 1 unspecified atom stereocenters. The summed E-state index contributed by atoms with van der Waals surface area (Å²) in [7, 11) is 0. The van der Waals surface area contributed by atoms with E-state index in [4.69, 9.17) is 14.0 Å². The van der Waals surface area contributed by atoms with E-state index in [-0.39, 0.29) is 12.1 Å². The number of piperazine rings is 1. The summed E-state index contributed by atoms with van der Waals surface area (Å²) in [6.07, 6.45) is 2.55. The third-order valence-electron chi connectivity index (χ3n) is 5.73. The minimum Gasteiger partial charge on any atom is -0.444 e. The van der Waals surface area contributed by atoms with Crippen LogP contribution in [-0.2, 0) is 9.47 Å². The first-order chi connectivity index (χ1) is 15.4. The Kier molecular flexibility index (Phi) is 5.24. The van der Waals surface area contributed by atoms with Gasteiger partial charge in [0.05, 0.1) is 24.4 Å². The van der Waals surface area contributed by atoms with E-state index in [9.17, 15) is 4.79 Å². The van der Waals surface area contributed by atoms with Gasteiger partial charge in [-0.3, -0.25) is 4.68 Å². The van der Waals surface area contributed by atoms with E-state index in [1.807, 2.05) is 48.7 Å². The van der Waals surface area contributed by atoms with Crippen LogP contribution in [0.5, 0.6) is 0 Å². The molecule has 32 heavy (non-hydrogen) atoms. The van der Waals surface area contributed by atoms with E-state index < -0.39 is 5.60 Å². The van der Waals surface area contributed by atoms with Gasteiger partial charge in [0.2, 0.25) is 5.82 Å². The molecule has 3 aromatic rings. The Morgan fingerprint density at radius 1 is 1.19 bits per heavy atom. The molecule has 0 saturated carbocycles. The molecule has 2 fully saturated rings. The molecule has 0 spiro atoms. The summed E-state index contributed by atoms with van der Waals surface area (Å²) in [5, 5.41) is 9.82. The fraction of sp³-hybridized carbons (Fsp3) is 0.545. The zero-order valence-corrected chi connectivity index (χ0v) is 18.7. The number of carbonyl (C=O) groups excluding carboxylic acids is 1. The van der Waals surface area contributed by atoms with Crippen molar-refractivity contribution in [2.24, 2.45) is 0 Å². The average molecular weight is 441 g/mol. The number of carbonyl (C=O) groups is 1. The van der Waals surface area contributed by atoms with Crippen LogP contribution in [0.4, 0.5) is 10.8 Å². The molecule has 170 valence electrons. The number of ether oxygens (including phenoxy) is 2. The molecule has 1 aromatic carbocycles. The van der Waals surface area contributed by atoms with E-state index in [2.05, 4.69) is 21.3 Å². The van der Waals surface area contributed by atoms with Gasteiger partial charge in [0.1, 0.15) is 5.60 Å². The Balaban J connectivity index is 1.29. The second-order valence-electron chi connectivity index (χ2n) is 9.24. The predicted octanol–water partition coefficient (Wildman–Crippen LogP) is 3.10. The van der Waals surface area contributed by atoms with Crippen LogP contribution >= 0.6 is 0 Å². The van der Waals surface area contributed by atoms with Crippen molar-refractivity contribution in [1.29, 1.82) is 0 Å². The predicted molar refractivity (Wildman–Crippen MR) is 118 cm³/mol. The Morgan fingerprint density at radius 2 is 2.00 bits per heavy atom. The van der Waals surface area contributed by atoms with Gasteiger partial charge in [-0.2, -0.15) is 10.1 Å². The molecule has 10 nitrogen and oxygen atoms in total. The third kappa shape index (κ3) is 4.14. The Morgan fingerprint density at radius 3 is 2.72 bits per heavy atom. The largest absolute Gasteiger partial charge is 0.444 e. The lowest BCUT2D eigenvalue weighted by Gasteiger charge is -2.34. The number of hydrogen-bond acceptors (Lipinski definition) is 8. The van der Waals surface area contributed by atoms with Crippen LogP contribution in [0.1, 0.15) is 33.2 Å². The standard InChI is InChI=1S/C22H28N6O4/c1-22(2,3)31-21(29)27-9-7-26(8-10-27)20-24-19(25-32-20)15-4-5-16-13-23-28(18(16)12-15)17-6-11-30-14-17/h4-5,12-13,17H,6-11,14H2,1-3H3. The Hall–Kier alpha value is -3.14. The number of hydrogen-bond donors (Lipinski definition) is 0. The molecule has 2 aliphatic rings. The van der Waals surface area contributed by atoms with E-state index in [1.54, 1.807) is 4.90 Å². The Bertz CT molecular complexity index is 1100. The van der Waals surface area contributed by atoms with Crippen LogP contribution in [0, 0.1) is 0 Å². The number of benzene rings is 1. The van der Waals surface area contributed by atoms with Gasteiger partial charge in [-0.1, -0.05) is 17.3 Å². The summed E-state index contributed by atoms with van der Waals surface area (Å²) >= 11 is 0. The average Bonchev–Trinajstić information content (AvgIpc) is 3.52. The monoisotopic (exact) mass is 440 g/mol. The maximum absolute atomic E-state index is 12.3. The quantitative estimate of drug-likeness (QED) is 0.613. The van der Waals surface area contributed by atoms with Gasteiger partial charge in [-0.15, -0.1) is 0 Å². The molecule has 2 saturated heterocycles. The molecule has 0 N–H and O–H groups in total. The summed E-state index contributed by atoms with van der Waals surface area (Å²) in [6.45, 7) is 9.35. The molecule has 10 heteroatoms. The van der Waals surface area contributed by atoms with Gasteiger partial charge < -0.3 is 23.8 Å². The summed E-state index contributed by atoms with van der Waals surface area (Å²) < 4.78 is 18.6. The third-order valence-corrected chi connectivity index (χ3v) is 5.73. The molecule has 2 aromatic heterocycles. The molecule has 2 aliphatic heterocycles. The van der Waals surface area contributed by atoms with Crippen molar-refractivity contribution in [3.8, 4) is 11.4 Å². The number of amides is 1. The fourth-order valence-electron chi connectivity index (χ4n) is 4.05. The second kappa shape index (κ2) is 8.09. The Labute approximate surface area is 186 Å². The maximum atomic E-state index is 12.3. The van der Waals surface area contributed by atoms with Crippen LogP contribution in [0.3, 0.4) is 0 Å². The number of anilines is 1. The smallest absolute Gasteiger partial charge is 0.410 e. The fourth-order valence-corrected chi connectivity index (χ4v) is 4.05. The highest BCUT2D eigenvalue weighted by atomic mass is 16.6. The van der Waals surface area contributed by atoms with Crippen LogP contribution < -0.4 is 4.90 Å². The highest BCUT2D eigenvalue weighted by molar-refractivity contribution is 5.83. The number of rotatable bonds is 3. The van der Waals surface area contributed by atoms with Gasteiger partial charge in [-0.25, -0.2) is 4.79 Å². The van der Waals surface area contributed by atoms with Crippen molar-refractivity contribution in [2.75, 3.05) is 44.3 Å². The van der Waals surface area contributed by atoms with Crippen LogP contribution in [0.25, 0.3) is 22.3 Å². The second-order valence-corrected chi connectivity index (χ2v) is 9.24. The molecule has 5 rings (SSSR count). The number of fused-ring (bicyclic) bond motifs is 1. The summed E-state index contributed by atoms with van der Waals surface area (Å²) in [5.41, 5.74) is 1.41. The molecule has 1 atom stereocenters. The zero-order valence-electron chi connectivity index (χ0n) is 18.7. The van der Waals surface area contributed by atoms with Crippen molar-refractivity contribution < 1.29 is 18.8 Å². The van der Waals surface area contributed by atoms with Gasteiger partial charge in [0, 0.05) is 43.7 Å². The van der Waals surface area contributed by atoms with Crippen molar-refractivity contribution in [1.82, 2.24) is 24.8 Å². The van der Waals surface area contributed by atoms with Gasteiger partial charge in [0.25, 0.3) is 0 Å². The lowest BCUT2D eigenvalue weighted by Crippen LogP contribution is -2.50. The summed E-state index contributed by atoms with van der Waals surface area (Å²) in [4.78, 5) is 20.6. The molecule has 0 bridgehead atoms. The minimum absolute atomic E-state index is 0.254. The first kappa shape index (κ1) is 20.7. The molecule has 0 aliphatic carbocycles. The van der Waals surface area contributed by atoms with Gasteiger partial charge in [0.15, 0.2) is 0 Å². The number of nitrogens with zero attached hydrogens (tertiary/aromatic N) is 6. The SMILES string of the molecule is CC(C)(C)OC(=O)N1CCN(c2nc(-c3ccc4cnn(C5CCOC5)c4c3)no2)CC1. The molecule has 1 amide bonds. The zero-order chi connectivity index (χ0) is 22.3. The van der Waals surface area contributed by atoms with Gasteiger partial charge in [-0.05, 0) is 33.3 Å². The first-order valence-corrected chi connectivity index (χ1v) is 11.0. The lowest BCUT2D eigenvalue weighted by atomic mass is 10.1. The normalized spacial score (nSPS) is 19.7. The summed E-state index contributed by atoms with van der Waals surface area (Å²) in [6, 6.07) is 6.77. The molecular weight excluding hydrogens is 412 g/mol. The highest BCUT2D eigenvalue weighted by Crippen LogP contribution is 2.28. The van der Waals surface area contributed by atoms with Crippen molar-refractivity contribution in [3.63, 3.8) is 0 Å². The van der Waals surface area contributed by atoms with Crippen molar-refractivity contribution >= 4 is 23.0 Å². The van der Waals surface area contributed by atoms with Crippen molar-refractivity contribution in [3.05, 3.63) is 24.4 Å². The molecule has 0 radical (unpaired) electrons. The molecular formula is C22H28N6O4. The van der Waals surface area contributed by atoms with E-state index in [0.29, 0.717) is 44.6 Å². The van der Waals surface area contributed by atoms with Crippen molar-refractivity contribution in [2.45, 2.75) is 38.8 Å². The van der Waals surface area contributed by atoms with Crippen LogP contribution in [0.2, 0.25) is 0 Å². The maximum Gasteiger partial charge on any atom is 0.410 e. The van der Waals surface area contributed by atoms with Gasteiger partial charge >= 0.3 is 12.1 Å². The lowest BCUT2D eigenvalue weighted by molar-refractivity contribution is 0.0238. The highest BCUT2D eigenvalue weighted by Gasteiger charge is 2.28. The number of aromatic nitrogens is 4. The topological polar surface area (TPSA) is 98.8 Å². The van der Waals surface area contributed by atoms with E-state index in [0.717, 1.165) is 29.5 Å². The van der Waals surface area contributed by atoms with E-state index >= 15 is 0 Å². The minimum atomic E-state index is -0.503. The summed E-state index contributed by atoms with van der Waals surface area (Å²) in [5.74, 6) is 0.534. The first-order valence-electron chi connectivity index (χ1n) is 11.0. The molecule has 4 heterocycles.